The molecule has 5 rings (SSSR count). The molecule has 3 aromatic carbocycles. The van der Waals surface area contributed by atoms with Crippen molar-refractivity contribution in [1.29, 1.82) is 0 Å². The number of rotatable bonds is 11. The molecule has 0 spiro atoms. The van der Waals surface area contributed by atoms with Crippen LogP contribution in [0.1, 0.15) is 51.9 Å². The number of nitrogens with zero attached hydrogens (tertiary/aromatic N) is 1. The topological polar surface area (TPSA) is 97.1 Å². The molecule has 0 aliphatic carbocycles. The van der Waals surface area contributed by atoms with Gasteiger partial charge in [0.1, 0.15) is 24.3 Å². The lowest BCUT2D eigenvalue weighted by atomic mass is 9.91. The minimum atomic E-state index is -1.20. The number of imide groups is 1. The van der Waals surface area contributed by atoms with Gasteiger partial charge in [-0.3, -0.25) is 9.59 Å². The number of aliphatic hydroxyl groups excluding tert-OH is 1. The third-order valence-corrected chi connectivity index (χ3v) is 7.38. The van der Waals surface area contributed by atoms with Gasteiger partial charge in [-0.2, -0.15) is 0 Å². The van der Waals surface area contributed by atoms with Crippen molar-refractivity contribution in [2.45, 2.75) is 38.6 Å². The number of furan rings is 1. The molecule has 0 unspecified atom stereocenters. The van der Waals surface area contributed by atoms with E-state index in [0.29, 0.717) is 25.0 Å². The quantitative estimate of drug-likeness (QED) is 0.133. The third kappa shape index (κ3) is 6.31. The van der Waals surface area contributed by atoms with Gasteiger partial charge in [0.25, 0.3) is 0 Å². The van der Waals surface area contributed by atoms with Crippen molar-refractivity contribution in [3.63, 3.8) is 0 Å². The molecule has 2 amide bonds. The highest BCUT2D eigenvalue weighted by Crippen LogP contribution is 2.34. The van der Waals surface area contributed by atoms with Gasteiger partial charge in [-0.25, -0.2) is 9.69 Å². The molecule has 4 aromatic rings. The zero-order valence-corrected chi connectivity index (χ0v) is 23.0. The molecular weight excluding hydrogens is 518 g/mol. The molecule has 0 radical (unpaired) electrons. The first-order valence-electron chi connectivity index (χ1n) is 13.9. The van der Waals surface area contributed by atoms with Crippen LogP contribution in [-0.4, -0.2) is 41.0 Å². The lowest BCUT2D eigenvalue weighted by Crippen LogP contribution is -2.42. The summed E-state index contributed by atoms with van der Waals surface area (Å²) < 4.78 is 11.5. The van der Waals surface area contributed by atoms with E-state index in [-0.39, 0.29) is 25.4 Å². The van der Waals surface area contributed by atoms with Gasteiger partial charge >= 0.3 is 6.09 Å². The summed E-state index contributed by atoms with van der Waals surface area (Å²) >= 11 is 0. The highest BCUT2D eigenvalue weighted by molar-refractivity contribution is 6.12. The number of ketones is 1. The molecule has 1 aliphatic rings. The van der Waals surface area contributed by atoms with E-state index in [1.54, 1.807) is 6.07 Å². The number of Topliss-reactive ketones (excluding diaryl/α,β-unsaturated/α-hetero) is 1. The summed E-state index contributed by atoms with van der Waals surface area (Å²) in [5, 5.41) is 9.30. The Morgan fingerprint density at radius 1 is 0.951 bits per heavy atom. The number of amides is 2. The summed E-state index contributed by atoms with van der Waals surface area (Å²) in [6.45, 7) is 2.08. The first-order valence-corrected chi connectivity index (χ1v) is 13.9. The van der Waals surface area contributed by atoms with Gasteiger partial charge in [0.15, 0.2) is 5.76 Å². The molecule has 1 saturated heterocycles. The van der Waals surface area contributed by atoms with Crippen LogP contribution in [0.3, 0.4) is 0 Å². The van der Waals surface area contributed by atoms with E-state index in [4.69, 9.17) is 9.15 Å². The number of aryl methyl sites for hydroxylation is 2. The minimum Gasteiger partial charge on any atom is -0.457 e. The summed E-state index contributed by atoms with van der Waals surface area (Å²) in [5.74, 6) is -1.62. The number of hydrogen-bond acceptors (Lipinski definition) is 6. The molecular formula is C34H33NO6. The number of hydrogen-bond donors (Lipinski definition) is 1. The van der Waals surface area contributed by atoms with Crippen LogP contribution in [0.15, 0.2) is 95.4 Å². The summed E-state index contributed by atoms with van der Waals surface area (Å²) in [6.07, 6.45) is 1.15. The third-order valence-electron chi connectivity index (χ3n) is 7.38. The van der Waals surface area contributed by atoms with Crippen molar-refractivity contribution >= 4 is 17.8 Å². The molecule has 0 bridgehead atoms. The predicted molar refractivity (Wildman–Crippen MR) is 154 cm³/mol. The Morgan fingerprint density at radius 2 is 1.68 bits per heavy atom. The molecule has 1 aromatic heterocycles. The number of carbonyl (C=O) groups is 3. The molecule has 0 saturated carbocycles. The fourth-order valence-electron chi connectivity index (χ4n) is 5.26. The molecule has 1 N–H and O–H groups in total. The average molecular weight is 552 g/mol. The summed E-state index contributed by atoms with van der Waals surface area (Å²) in [4.78, 5) is 42.2. The Hall–Kier alpha value is -4.49. The maximum Gasteiger partial charge on any atom is 0.417 e. The van der Waals surface area contributed by atoms with Crippen LogP contribution in [0.2, 0.25) is 0 Å². The largest absolute Gasteiger partial charge is 0.457 e. The number of ether oxygens (including phenoxy) is 1. The highest BCUT2D eigenvalue weighted by atomic mass is 16.6. The smallest absolute Gasteiger partial charge is 0.417 e. The lowest BCUT2D eigenvalue weighted by Gasteiger charge is -2.24. The number of cyclic esters (lactones) is 1. The highest BCUT2D eigenvalue weighted by Gasteiger charge is 2.44. The van der Waals surface area contributed by atoms with Crippen molar-refractivity contribution in [2.75, 3.05) is 13.2 Å². The molecule has 7 heteroatoms. The lowest BCUT2D eigenvalue weighted by molar-refractivity contribution is -0.132. The molecule has 1 fully saturated rings. The normalized spacial score (nSPS) is 15.5. The maximum absolute atomic E-state index is 14.2. The van der Waals surface area contributed by atoms with Crippen molar-refractivity contribution in [2.24, 2.45) is 5.92 Å². The maximum atomic E-state index is 14.2. The minimum absolute atomic E-state index is 0.0219. The Balaban J connectivity index is 1.53. The van der Waals surface area contributed by atoms with E-state index in [1.165, 1.54) is 0 Å². The Morgan fingerprint density at radius 3 is 2.39 bits per heavy atom. The number of benzene rings is 3. The van der Waals surface area contributed by atoms with Gasteiger partial charge < -0.3 is 14.3 Å². The summed E-state index contributed by atoms with van der Waals surface area (Å²) in [6, 6.07) is 27.4. The van der Waals surface area contributed by atoms with Crippen LogP contribution in [0.25, 0.3) is 11.1 Å². The van der Waals surface area contributed by atoms with Crippen LogP contribution >= 0.6 is 0 Å². The van der Waals surface area contributed by atoms with Gasteiger partial charge in [-0.15, -0.1) is 0 Å². The average Bonchev–Trinajstić information content (AvgIpc) is 3.60. The molecule has 7 nitrogen and oxygen atoms in total. The second-order valence-corrected chi connectivity index (χ2v) is 10.3. The van der Waals surface area contributed by atoms with E-state index in [9.17, 15) is 19.5 Å². The standard InChI is InChI=1S/C34H33NO6/c1-23-11-10-16-26(19-23)27-21-31(41-30(27)17-8-9-18-36)32(37)28(20-24-12-4-2-5-13-24)33(38)35-29(22-40-34(35)39)25-14-6-3-7-15-25/h2-7,10-16,19,21,28-29,36H,8-9,17-18,20,22H2,1H3/t28-,29-/m1/s1. The van der Waals surface area contributed by atoms with Crippen LogP contribution in [0.5, 0.6) is 0 Å². The second-order valence-electron chi connectivity index (χ2n) is 10.3. The van der Waals surface area contributed by atoms with Gasteiger partial charge in [-0.05, 0) is 48.9 Å². The van der Waals surface area contributed by atoms with E-state index < -0.39 is 29.7 Å². The molecule has 1 aliphatic heterocycles. The number of unbranched alkanes of at least 4 members (excludes halogenated alkanes) is 1. The van der Waals surface area contributed by atoms with E-state index in [1.807, 2.05) is 91.9 Å². The zero-order valence-electron chi connectivity index (χ0n) is 23.0. The second kappa shape index (κ2) is 12.8. The fraction of sp³-hybridized carbons (Fsp3) is 0.265. The number of carbonyl (C=O) groups excluding carboxylic acids is 3. The van der Waals surface area contributed by atoms with Crippen LogP contribution in [0.4, 0.5) is 4.79 Å². The summed E-state index contributed by atoms with van der Waals surface area (Å²) in [5.41, 5.74) is 4.29. The Kier molecular flexibility index (Phi) is 8.75. The van der Waals surface area contributed by atoms with E-state index in [2.05, 4.69) is 0 Å². The summed E-state index contributed by atoms with van der Waals surface area (Å²) in [7, 11) is 0. The van der Waals surface area contributed by atoms with E-state index in [0.717, 1.165) is 32.7 Å². The fourth-order valence-corrected chi connectivity index (χ4v) is 5.26. The molecule has 2 heterocycles. The first kappa shape index (κ1) is 28.1. The molecule has 2 atom stereocenters. The zero-order chi connectivity index (χ0) is 28.8. The van der Waals surface area contributed by atoms with Crippen molar-refractivity contribution < 1.29 is 28.6 Å². The Labute approximate surface area is 239 Å². The number of aliphatic hydroxyl groups is 1. The monoisotopic (exact) mass is 551 g/mol. The van der Waals surface area contributed by atoms with Gasteiger partial charge in [-0.1, -0.05) is 90.5 Å². The van der Waals surface area contributed by atoms with Crippen molar-refractivity contribution in [3.05, 3.63) is 119 Å². The van der Waals surface area contributed by atoms with Gasteiger partial charge in [0.05, 0.1) is 0 Å². The van der Waals surface area contributed by atoms with E-state index >= 15 is 0 Å². The van der Waals surface area contributed by atoms with Gasteiger partial charge in [0.2, 0.25) is 11.7 Å². The molecule has 210 valence electrons. The van der Waals surface area contributed by atoms with Crippen molar-refractivity contribution in [1.82, 2.24) is 4.90 Å². The SMILES string of the molecule is Cc1cccc(-c2cc(C(=O)[C@@H](Cc3ccccc3)C(=O)N3C(=O)OC[C@@H]3c3ccccc3)oc2CCCCO)c1. The van der Waals surface area contributed by atoms with Gasteiger partial charge in [0, 0.05) is 18.6 Å². The first-order chi connectivity index (χ1) is 20.0. The van der Waals surface area contributed by atoms with Crippen LogP contribution < -0.4 is 0 Å². The van der Waals surface area contributed by atoms with Crippen molar-refractivity contribution in [3.8, 4) is 11.1 Å². The van der Waals surface area contributed by atoms with Crippen LogP contribution in [-0.2, 0) is 22.4 Å². The predicted octanol–water partition coefficient (Wildman–Crippen LogP) is 6.33. The Bertz CT molecular complexity index is 1510. The molecule has 41 heavy (non-hydrogen) atoms. The van der Waals surface area contributed by atoms with Crippen LogP contribution in [0, 0.1) is 12.8 Å².